The fourth-order valence-corrected chi connectivity index (χ4v) is 2.22. The number of ether oxygens (including phenoxy) is 2. The van der Waals surface area contributed by atoms with E-state index in [0.717, 1.165) is 0 Å². The van der Waals surface area contributed by atoms with Gasteiger partial charge in [0.05, 0.1) is 18.8 Å². The van der Waals surface area contributed by atoms with Crippen LogP contribution in [-0.4, -0.2) is 46.4 Å². The van der Waals surface area contributed by atoms with E-state index in [2.05, 4.69) is 20.3 Å². The van der Waals surface area contributed by atoms with Crippen LogP contribution >= 0.6 is 11.8 Å². The fourth-order valence-electron chi connectivity index (χ4n) is 1.88. The lowest BCUT2D eigenvalue weighted by Gasteiger charge is -2.11. The van der Waals surface area contributed by atoms with Gasteiger partial charge in [-0.15, -0.1) is 0 Å². The number of rotatable bonds is 7. The molecule has 0 atom stereocenters. The Hall–Kier alpha value is -2.68. The van der Waals surface area contributed by atoms with Gasteiger partial charge in [0.1, 0.15) is 11.4 Å². The predicted octanol–water partition coefficient (Wildman–Crippen LogP) is 2.69. The molecule has 0 spiro atoms. The van der Waals surface area contributed by atoms with Crippen LogP contribution in [0.2, 0.25) is 0 Å². The summed E-state index contributed by atoms with van der Waals surface area (Å²) in [6.45, 7) is 3.96. The molecule has 0 amide bonds. The van der Waals surface area contributed by atoms with Crippen LogP contribution in [0.15, 0.2) is 29.7 Å². The highest BCUT2D eigenvalue weighted by Crippen LogP contribution is 2.21. The number of thioether (sulfide) groups is 1. The molecule has 2 aromatic rings. The highest BCUT2D eigenvalue weighted by molar-refractivity contribution is 7.98. The molecule has 0 aromatic carbocycles. The van der Waals surface area contributed by atoms with E-state index >= 15 is 0 Å². The van der Waals surface area contributed by atoms with Gasteiger partial charge in [-0.05, 0) is 32.2 Å². The van der Waals surface area contributed by atoms with Gasteiger partial charge in [-0.2, -0.15) is 0 Å². The average Bonchev–Trinajstić information content (AvgIpc) is 2.62. The number of nitrogens with one attached hydrogen (secondary N) is 1. The number of pyridine rings is 1. The van der Waals surface area contributed by atoms with Gasteiger partial charge in [0.15, 0.2) is 11.0 Å². The molecule has 0 aliphatic rings. The monoisotopic (exact) mass is 362 g/mol. The molecule has 0 saturated carbocycles. The molecule has 9 heteroatoms. The third-order valence-electron chi connectivity index (χ3n) is 2.96. The molecule has 0 unspecified atom stereocenters. The zero-order chi connectivity index (χ0) is 18.2. The number of aromatic nitrogens is 3. The normalized spacial score (nSPS) is 10.2. The van der Waals surface area contributed by atoms with Gasteiger partial charge in [-0.25, -0.2) is 24.5 Å². The number of esters is 2. The summed E-state index contributed by atoms with van der Waals surface area (Å²) in [5.74, 6) is -0.390. The molecule has 2 heterocycles. The molecule has 0 fully saturated rings. The Bertz CT molecular complexity index is 770. The second kappa shape index (κ2) is 8.97. The van der Waals surface area contributed by atoms with E-state index in [4.69, 9.17) is 9.47 Å². The van der Waals surface area contributed by atoms with Crippen molar-refractivity contribution in [2.75, 3.05) is 24.8 Å². The van der Waals surface area contributed by atoms with E-state index in [-0.39, 0.29) is 24.6 Å². The highest BCUT2D eigenvalue weighted by Gasteiger charge is 2.17. The highest BCUT2D eigenvalue weighted by atomic mass is 32.2. The smallest absolute Gasteiger partial charge is 0.343 e. The summed E-state index contributed by atoms with van der Waals surface area (Å²) >= 11 is 1.33. The Labute approximate surface area is 149 Å². The van der Waals surface area contributed by atoms with Crippen LogP contribution in [0.25, 0.3) is 0 Å². The molecule has 132 valence electrons. The standard InChI is InChI=1S/C16H18N4O4S/c1-4-23-14(21)10-6-7-17-12(8-10)19-13-11(15(22)24-5-2)9-18-16(20-13)25-3/h6-9H,4-5H2,1-3H3,(H,17,18,19,20). The summed E-state index contributed by atoms with van der Waals surface area (Å²) < 4.78 is 9.98. The van der Waals surface area contributed by atoms with E-state index in [1.165, 1.54) is 30.2 Å². The molecule has 2 rings (SSSR count). The fraction of sp³-hybridized carbons (Fsp3) is 0.312. The minimum Gasteiger partial charge on any atom is -0.462 e. The minimum atomic E-state index is -0.542. The first-order valence-corrected chi connectivity index (χ1v) is 8.79. The summed E-state index contributed by atoms with van der Waals surface area (Å²) in [6.07, 6.45) is 4.69. The summed E-state index contributed by atoms with van der Waals surface area (Å²) in [7, 11) is 0. The molecule has 0 saturated heterocycles. The zero-order valence-corrected chi connectivity index (χ0v) is 14.9. The summed E-state index contributed by atoms with van der Waals surface area (Å²) in [5, 5.41) is 3.42. The molecule has 2 aromatic heterocycles. The lowest BCUT2D eigenvalue weighted by molar-refractivity contribution is 0.0516. The molecule has 0 aliphatic carbocycles. The first kappa shape index (κ1) is 18.7. The molecule has 1 N–H and O–H groups in total. The third kappa shape index (κ3) is 4.90. The third-order valence-corrected chi connectivity index (χ3v) is 3.52. The number of carbonyl (C=O) groups is 2. The first-order chi connectivity index (χ1) is 12.1. The number of carbonyl (C=O) groups excluding carboxylic acids is 2. The van der Waals surface area contributed by atoms with Gasteiger partial charge in [0, 0.05) is 12.4 Å². The van der Waals surface area contributed by atoms with Crippen LogP contribution in [0.4, 0.5) is 11.6 Å². The van der Waals surface area contributed by atoms with E-state index in [1.807, 2.05) is 6.26 Å². The van der Waals surface area contributed by atoms with Gasteiger partial charge in [0.2, 0.25) is 0 Å². The minimum absolute atomic E-state index is 0.183. The van der Waals surface area contributed by atoms with E-state index in [9.17, 15) is 9.59 Å². The van der Waals surface area contributed by atoms with Crippen molar-refractivity contribution in [1.82, 2.24) is 15.0 Å². The summed E-state index contributed by atoms with van der Waals surface area (Å²) in [4.78, 5) is 36.4. The molecule has 0 radical (unpaired) electrons. The Morgan fingerprint density at radius 1 is 1.16 bits per heavy atom. The van der Waals surface area contributed by atoms with Crippen molar-refractivity contribution in [3.63, 3.8) is 0 Å². The van der Waals surface area contributed by atoms with Crippen LogP contribution in [0.5, 0.6) is 0 Å². The van der Waals surface area contributed by atoms with Crippen molar-refractivity contribution >= 4 is 35.3 Å². The molecular formula is C16H18N4O4S. The Kier molecular flexibility index (Phi) is 6.70. The van der Waals surface area contributed by atoms with E-state index in [1.54, 1.807) is 19.9 Å². The number of hydrogen-bond acceptors (Lipinski definition) is 9. The SMILES string of the molecule is CCOC(=O)c1ccnc(Nc2nc(SC)ncc2C(=O)OCC)c1. The second-order valence-corrected chi connectivity index (χ2v) is 5.39. The molecule has 25 heavy (non-hydrogen) atoms. The van der Waals surface area contributed by atoms with Crippen LogP contribution in [0, 0.1) is 0 Å². The Morgan fingerprint density at radius 3 is 2.56 bits per heavy atom. The predicted molar refractivity (Wildman–Crippen MR) is 93.2 cm³/mol. The maximum absolute atomic E-state index is 12.1. The number of hydrogen-bond donors (Lipinski definition) is 1. The van der Waals surface area contributed by atoms with Gasteiger partial charge in [-0.3, -0.25) is 0 Å². The van der Waals surface area contributed by atoms with Gasteiger partial charge in [0.25, 0.3) is 0 Å². The average molecular weight is 362 g/mol. The topological polar surface area (TPSA) is 103 Å². The Balaban J connectivity index is 2.33. The van der Waals surface area contributed by atoms with Crippen LogP contribution in [0.1, 0.15) is 34.6 Å². The zero-order valence-electron chi connectivity index (χ0n) is 14.1. The number of nitrogens with zero attached hydrogens (tertiary/aromatic N) is 3. The molecule has 0 bridgehead atoms. The van der Waals surface area contributed by atoms with E-state index in [0.29, 0.717) is 16.5 Å². The second-order valence-electron chi connectivity index (χ2n) is 4.61. The summed E-state index contributed by atoms with van der Waals surface area (Å²) in [6, 6.07) is 3.07. The quantitative estimate of drug-likeness (QED) is 0.452. The number of anilines is 2. The van der Waals surface area contributed by atoms with Crippen molar-refractivity contribution in [3.8, 4) is 0 Å². The lowest BCUT2D eigenvalue weighted by Crippen LogP contribution is -2.11. The molecule has 0 aliphatic heterocycles. The maximum atomic E-state index is 12.1. The Morgan fingerprint density at radius 2 is 1.88 bits per heavy atom. The summed E-state index contributed by atoms with van der Waals surface area (Å²) in [5.41, 5.74) is 0.527. The van der Waals surface area contributed by atoms with Crippen molar-refractivity contribution in [1.29, 1.82) is 0 Å². The van der Waals surface area contributed by atoms with E-state index < -0.39 is 11.9 Å². The van der Waals surface area contributed by atoms with Gasteiger partial charge < -0.3 is 14.8 Å². The maximum Gasteiger partial charge on any atom is 0.343 e. The molecular weight excluding hydrogens is 344 g/mol. The van der Waals surface area contributed by atoms with Crippen molar-refractivity contribution in [2.45, 2.75) is 19.0 Å². The van der Waals surface area contributed by atoms with Crippen LogP contribution < -0.4 is 5.32 Å². The van der Waals surface area contributed by atoms with Crippen LogP contribution in [0.3, 0.4) is 0 Å². The first-order valence-electron chi connectivity index (χ1n) is 7.57. The lowest BCUT2D eigenvalue weighted by atomic mass is 10.2. The van der Waals surface area contributed by atoms with Gasteiger partial charge >= 0.3 is 11.9 Å². The van der Waals surface area contributed by atoms with Crippen molar-refractivity contribution in [3.05, 3.63) is 35.7 Å². The largest absolute Gasteiger partial charge is 0.462 e. The van der Waals surface area contributed by atoms with Gasteiger partial charge in [-0.1, -0.05) is 11.8 Å². The van der Waals surface area contributed by atoms with Crippen molar-refractivity contribution < 1.29 is 19.1 Å². The molecule has 8 nitrogen and oxygen atoms in total. The van der Waals surface area contributed by atoms with Crippen molar-refractivity contribution in [2.24, 2.45) is 0 Å². The van der Waals surface area contributed by atoms with Crippen LogP contribution in [-0.2, 0) is 9.47 Å².